The smallest absolute Gasteiger partial charge is 0.254 e. The van der Waals surface area contributed by atoms with Crippen molar-refractivity contribution < 1.29 is 57.0 Å². The van der Waals surface area contributed by atoms with Gasteiger partial charge in [0.2, 0.25) is 12.3 Å². The fraction of sp³-hybridized carbons (Fsp3) is 0.464. The number of likely N-dealkylation sites (N-methyl/N-ethyl adjacent to an activating group) is 1. The first-order valence-electron chi connectivity index (χ1n) is 13.1. The minimum atomic E-state index is -0.345. The van der Waals surface area contributed by atoms with Crippen molar-refractivity contribution >= 4 is 35.5 Å². The van der Waals surface area contributed by atoms with Crippen LogP contribution < -0.4 is 16.1 Å². The number of hydroxylamine groups is 1. The summed E-state index contributed by atoms with van der Waals surface area (Å²) in [6, 6.07) is 10.6. The van der Waals surface area contributed by atoms with Crippen molar-refractivity contribution in [3.8, 4) is 0 Å². The number of rotatable bonds is 13. The molecule has 2 aromatic carbocycles. The topological polar surface area (TPSA) is 144 Å². The summed E-state index contributed by atoms with van der Waals surface area (Å²) < 4.78 is 5.40. The van der Waals surface area contributed by atoms with Crippen LogP contribution in [0.4, 0.5) is 5.69 Å². The Morgan fingerprint density at radius 3 is 2.58 bits per heavy atom. The molecular weight excluding hydrogens is 611 g/mol. The third-order valence-electron chi connectivity index (χ3n) is 5.89. The van der Waals surface area contributed by atoms with Crippen LogP contribution in [0.2, 0.25) is 5.02 Å². The molecule has 1 atom stereocenters. The number of nitrogens with one attached hydrogen (secondary N) is 4. The van der Waals surface area contributed by atoms with Crippen LogP contribution >= 0.6 is 11.6 Å². The van der Waals surface area contributed by atoms with Crippen molar-refractivity contribution in [2.24, 2.45) is 0 Å². The van der Waals surface area contributed by atoms with Crippen LogP contribution in [-0.2, 0) is 66.5 Å². The number of imide groups is 1. The molecule has 0 bridgehead atoms. The molecule has 0 spiro atoms. The molecule has 0 aromatic heterocycles. The van der Waals surface area contributed by atoms with Crippen LogP contribution in [0.5, 0.6) is 0 Å². The fourth-order valence-corrected chi connectivity index (χ4v) is 4.07. The molecule has 1 aliphatic heterocycles. The minimum absolute atomic E-state index is 0. The molecule has 10 nitrogen and oxygen atoms in total. The van der Waals surface area contributed by atoms with E-state index in [1.165, 1.54) is 0 Å². The summed E-state index contributed by atoms with van der Waals surface area (Å²) in [4.78, 5) is 35.6. The number of carbonyl (C=O) groups excluding carboxylic acids is 3. The van der Waals surface area contributed by atoms with E-state index in [0.29, 0.717) is 55.4 Å². The van der Waals surface area contributed by atoms with E-state index >= 15 is 0 Å². The number of benzene rings is 2. The number of halogens is 1. The second-order valence-electron chi connectivity index (χ2n) is 8.60. The Kier molecular flexibility index (Phi) is 20.7. The molecule has 0 aliphatic carbocycles. The van der Waals surface area contributed by atoms with Crippen molar-refractivity contribution in [3.63, 3.8) is 0 Å². The van der Waals surface area contributed by atoms with Gasteiger partial charge in [-0.3, -0.25) is 19.7 Å². The van der Waals surface area contributed by atoms with Crippen molar-refractivity contribution in [2.75, 3.05) is 26.8 Å². The first-order valence-corrected chi connectivity index (χ1v) is 13.4. The Bertz CT molecular complexity index is 1060. The SMILES string of the molecule is CC.CC(CCC(=O)NC=O)N1Cc2cc(CNO)ccc2C1=O.CNCCOCCc1ccc([NH-])cc1Cl.[Y]. The van der Waals surface area contributed by atoms with Gasteiger partial charge in [-0.05, 0) is 49.6 Å². The van der Waals surface area contributed by atoms with E-state index in [1.54, 1.807) is 29.2 Å². The van der Waals surface area contributed by atoms with Crippen molar-refractivity contribution in [1.29, 1.82) is 0 Å². The first-order chi connectivity index (χ1) is 18.8. The van der Waals surface area contributed by atoms with Crippen molar-refractivity contribution in [1.82, 2.24) is 21.0 Å². The molecule has 3 amide bonds. The zero-order chi connectivity index (χ0) is 29.2. The second-order valence-corrected chi connectivity index (χ2v) is 9.01. The largest absolute Gasteiger partial charge is 0.699 e. The summed E-state index contributed by atoms with van der Waals surface area (Å²) in [6.45, 7) is 8.93. The van der Waals surface area contributed by atoms with Crippen LogP contribution in [0, 0.1) is 0 Å². The van der Waals surface area contributed by atoms with E-state index < -0.39 is 0 Å². The van der Waals surface area contributed by atoms with Gasteiger partial charge >= 0.3 is 0 Å². The van der Waals surface area contributed by atoms with Crippen molar-refractivity contribution in [3.05, 3.63) is 69.4 Å². The summed E-state index contributed by atoms with van der Waals surface area (Å²) in [7, 11) is 1.90. The van der Waals surface area contributed by atoms with Crippen LogP contribution in [0.15, 0.2) is 36.4 Å². The molecule has 0 saturated carbocycles. The molecule has 1 unspecified atom stereocenters. The van der Waals surface area contributed by atoms with E-state index in [4.69, 9.17) is 27.3 Å². The molecule has 1 heterocycles. The zero-order valence-electron chi connectivity index (χ0n) is 23.8. The molecule has 0 saturated heterocycles. The fourth-order valence-electron chi connectivity index (χ4n) is 3.80. The van der Waals surface area contributed by atoms with Crippen LogP contribution in [-0.4, -0.2) is 61.2 Å². The monoisotopic (exact) mass is 651 g/mol. The number of fused-ring (bicyclic) bond motifs is 1. The Morgan fingerprint density at radius 2 is 1.95 bits per heavy atom. The Balaban J connectivity index is 0.000000743. The molecule has 0 fully saturated rings. The van der Waals surface area contributed by atoms with Crippen molar-refractivity contribution in [2.45, 2.75) is 59.2 Å². The predicted molar refractivity (Wildman–Crippen MR) is 153 cm³/mol. The molecule has 3 rings (SSSR count). The van der Waals surface area contributed by atoms with Gasteiger partial charge < -0.3 is 25.9 Å². The number of hydrogen-bond acceptors (Lipinski definition) is 7. The molecular formula is C28H41ClN5O5Y-. The average molecular weight is 652 g/mol. The van der Waals surface area contributed by atoms with Crippen LogP contribution in [0.1, 0.15) is 60.7 Å². The van der Waals surface area contributed by atoms with Gasteiger partial charge in [-0.25, -0.2) is 5.48 Å². The zero-order valence-corrected chi connectivity index (χ0v) is 27.4. The normalized spacial score (nSPS) is 12.2. The maximum atomic E-state index is 12.4. The maximum Gasteiger partial charge on any atom is 0.254 e. The first kappa shape index (κ1) is 38.1. The van der Waals surface area contributed by atoms with Gasteiger partial charge in [-0.2, -0.15) is 0 Å². The number of amides is 3. The second kappa shape index (κ2) is 21.8. The van der Waals surface area contributed by atoms with Gasteiger partial charge in [0.15, 0.2) is 0 Å². The maximum absolute atomic E-state index is 12.4. The summed E-state index contributed by atoms with van der Waals surface area (Å²) >= 11 is 5.98. The summed E-state index contributed by atoms with van der Waals surface area (Å²) in [5, 5.41) is 14.5. The Morgan fingerprint density at radius 1 is 1.23 bits per heavy atom. The van der Waals surface area contributed by atoms with E-state index in [-0.39, 0.29) is 57.0 Å². The third kappa shape index (κ3) is 13.2. The molecule has 5 N–H and O–H groups in total. The molecule has 12 heteroatoms. The Hall–Kier alpha value is -1.92. The number of nitrogens with zero attached hydrogens (tertiary/aromatic N) is 1. The van der Waals surface area contributed by atoms with Crippen LogP contribution in [0.3, 0.4) is 0 Å². The summed E-state index contributed by atoms with van der Waals surface area (Å²) in [5.41, 5.74) is 13.4. The molecule has 40 heavy (non-hydrogen) atoms. The standard InChI is InChI=1S/C15H19N3O4.C11H16ClN2O.C2H6.Y/c1-10(2-5-14(20)16-9-19)18-8-12-6-11(7-17-22)3-4-13(12)15(18)21;1-14-5-7-15-6-4-9-2-3-10(13)8-11(9)12;1-2;/h3-4,6,9-10,17,22H,2,5,7-8H2,1H3,(H,16,19,20);2-3,8,13-14H,4-7H2,1H3;1-2H3;/q;-1;;. The van der Waals surface area contributed by atoms with Gasteiger partial charge in [-0.15, -0.1) is 5.69 Å². The number of ether oxygens (including phenoxy) is 1. The van der Waals surface area contributed by atoms with Gasteiger partial charge in [0.05, 0.1) is 13.2 Å². The predicted octanol–water partition coefficient (Wildman–Crippen LogP) is 4.39. The molecule has 219 valence electrons. The molecule has 1 aliphatic rings. The van der Waals surface area contributed by atoms with E-state index in [0.717, 1.165) is 29.7 Å². The summed E-state index contributed by atoms with van der Waals surface area (Å²) in [5.74, 6) is -0.399. The minimum Gasteiger partial charge on any atom is -0.699 e. The van der Waals surface area contributed by atoms with Gasteiger partial charge in [0.25, 0.3) is 5.91 Å². The quantitative estimate of drug-likeness (QED) is 0.143. The average Bonchev–Trinajstić information content (AvgIpc) is 3.26. The summed E-state index contributed by atoms with van der Waals surface area (Å²) in [6.07, 6.45) is 1.84. The molecule has 1 radical (unpaired) electrons. The van der Waals surface area contributed by atoms with Gasteiger partial charge in [0, 0.05) is 75.4 Å². The number of carbonyl (C=O) groups is 3. The van der Waals surface area contributed by atoms with E-state index in [1.807, 2.05) is 40.0 Å². The van der Waals surface area contributed by atoms with E-state index in [9.17, 15) is 14.4 Å². The third-order valence-corrected chi connectivity index (χ3v) is 6.24. The molecule has 2 aromatic rings. The Labute approximate surface area is 267 Å². The van der Waals surface area contributed by atoms with Gasteiger partial charge in [0.1, 0.15) is 0 Å². The number of hydrogen-bond donors (Lipinski definition) is 4. The van der Waals surface area contributed by atoms with E-state index in [2.05, 4.69) is 16.1 Å². The van der Waals surface area contributed by atoms with Gasteiger partial charge in [-0.1, -0.05) is 55.8 Å². The van der Waals surface area contributed by atoms with Crippen LogP contribution in [0.25, 0.3) is 5.73 Å².